The van der Waals surface area contributed by atoms with Crippen LogP contribution >= 0.6 is 0 Å². The van der Waals surface area contributed by atoms with Crippen molar-refractivity contribution in [2.45, 2.75) is 38.1 Å². The number of allylic oxidation sites excluding steroid dienone is 1. The normalized spacial score (nSPS) is 26.0. The highest BCUT2D eigenvalue weighted by Crippen LogP contribution is 2.30. The summed E-state index contributed by atoms with van der Waals surface area (Å²) in [6.07, 6.45) is 6.81. The minimum absolute atomic E-state index is 0.310. The molecule has 1 saturated heterocycles. The molecule has 1 aliphatic heterocycles. The summed E-state index contributed by atoms with van der Waals surface area (Å²) in [5.41, 5.74) is 2.58. The van der Waals surface area contributed by atoms with Crippen LogP contribution in [0.25, 0.3) is 0 Å². The van der Waals surface area contributed by atoms with Gasteiger partial charge in [0, 0.05) is 25.2 Å². The van der Waals surface area contributed by atoms with Crippen LogP contribution in [0.4, 0.5) is 0 Å². The number of hydrogen-bond donors (Lipinski definition) is 2. The lowest BCUT2D eigenvalue weighted by molar-refractivity contribution is -0.701. The number of ketones is 1. The van der Waals surface area contributed by atoms with Crippen molar-refractivity contribution in [2.75, 3.05) is 6.54 Å². The van der Waals surface area contributed by atoms with Crippen molar-refractivity contribution in [3.8, 4) is 5.75 Å². The fourth-order valence-corrected chi connectivity index (χ4v) is 3.61. The van der Waals surface area contributed by atoms with Crippen LogP contribution in [0.2, 0.25) is 0 Å². The van der Waals surface area contributed by atoms with Crippen LogP contribution in [0.3, 0.4) is 0 Å². The molecule has 106 valence electrons. The predicted molar refractivity (Wildman–Crippen MR) is 77.4 cm³/mol. The van der Waals surface area contributed by atoms with Crippen LogP contribution in [0.5, 0.6) is 5.75 Å². The molecule has 2 aliphatic rings. The van der Waals surface area contributed by atoms with Gasteiger partial charge in [0.05, 0.1) is 12.6 Å². The van der Waals surface area contributed by atoms with Crippen molar-refractivity contribution in [3.05, 3.63) is 41.5 Å². The maximum Gasteiger partial charge on any atom is 0.155 e. The van der Waals surface area contributed by atoms with Gasteiger partial charge in [0.1, 0.15) is 5.75 Å². The first-order chi connectivity index (χ1) is 9.72. The highest BCUT2D eigenvalue weighted by molar-refractivity contribution is 5.91. The predicted octanol–water partition coefficient (Wildman–Crippen LogP) is 1.57. The minimum atomic E-state index is 0.310. The molecule has 20 heavy (non-hydrogen) atoms. The lowest BCUT2D eigenvalue weighted by atomic mass is 9.76. The molecule has 3 heteroatoms. The highest BCUT2D eigenvalue weighted by atomic mass is 16.3. The van der Waals surface area contributed by atoms with Crippen molar-refractivity contribution < 1.29 is 15.2 Å². The van der Waals surface area contributed by atoms with Gasteiger partial charge in [-0.05, 0) is 36.6 Å². The van der Waals surface area contributed by atoms with E-state index in [0.29, 0.717) is 29.9 Å². The molecule has 1 fully saturated rings. The van der Waals surface area contributed by atoms with Crippen molar-refractivity contribution >= 4 is 5.78 Å². The minimum Gasteiger partial charge on any atom is -0.508 e. The molecule has 0 spiro atoms. The van der Waals surface area contributed by atoms with Crippen molar-refractivity contribution in [3.63, 3.8) is 0 Å². The van der Waals surface area contributed by atoms with Gasteiger partial charge in [-0.25, -0.2) is 0 Å². The Morgan fingerprint density at radius 2 is 2.20 bits per heavy atom. The van der Waals surface area contributed by atoms with Crippen LogP contribution in [0, 0.1) is 5.92 Å². The Kier molecular flexibility index (Phi) is 3.88. The first-order valence-electron chi connectivity index (χ1n) is 7.57. The molecule has 3 N–H and O–H groups in total. The summed E-state index contributed by atoms with van der Waals surface area (Å²) in [6.45, 7) is 1.10. The standard InChI is InChI=1S/C17H21NO2/c19-14-3-1-2-12(10-14)4-7-17-16-6-5-15(20)11-13(16)8-9-18-17/h1-3,10-11,16-19H,4-9H2/p+1. The molecule has 0 bridgehead atoms. The van der Waals surface area contributed by atoms with E-state index in [2.05, 4.69) is 11.4 Å². The van der Waals surface area contributed by atoms with E-state index >= 15 is 0 Å². The van der Waals surface area contributed by atoms with Gasteiger partial charge in [-0.3, -0.25) is 4.79 Å². The number of carbonyl (C=O) groups is 1. The number of quaternary nitrogens is 1. The van der Waals surface area contributed by atoms with E-state index in [9.17, 15) is 9.90 Å². The number of phenolic OH excluding ortho intramolecular Hbond substituents is 1. The zero-order valence-electron chi connectivity index (χ0n) is 11.7. The summed E-state index contributed by atoms with van der Waals surface area (Å²) in [5.74, 6) is 1.24. The molecular formula is C17H22NO2+. The van der Waals surface area contributed by atoms with Gasteiger partial charge in [-0.15, -0.1) is 0 Å². The van der Waals surface area contributed by atoms with Gasteiger partial charge in [0.2, 0.25) is 0 Å². The Balaban J connectivity index is 1.65. The summed E-state index contributed by atoms with van der Waals surface area (Å²) < 4.78 is 0. The van der Waals surface area contributed by atoms with E-state index in [1.165, 1.54) is 11.1 Å². The number of rotatable bonds is 3. The van der Waals surface area contributed by atoms with Crippen molar-refractivity contribution in [1.29, 1.82) is 0 Å². The average Bonchev–Trinajstić information content (AvgIpc) is 2.44. The first-order valence-corrected chi connectivity index (χ1v) is 7.57. The van der Waals surface area contributed by atoms with Crippen LogP contribution < -0.4 is 5.32 Å². The maximum absolute atomic E-state index is 11.5. The summed E-state index contributed by atoms with van der Waals surface area (Å²) in [4.78, 5) is 11.5. The fourth-order valence-electron chi connectivity index (χ4n) is 3.61. The van der Waals surface area contributed by atoms with Crippen molar-refractivity contribution in [1.82, 2.24) is 0 Å². The topological polar surface area (TPSA) is 53.9 Å². The number of benzene rings is 1. The Hall–Kier alpha value is -1.61. The molecule has 0 saturated carbocycles. The number of hydrogen-bond acceptors (Lipinski definition) is 2. The van der Waals surface area contributed by atoms with Gasteiger partial charge >= 0.3 is 0 Å². The quantitative estimate of drug-likeness (QED) is 0.877. The molecule has 0 radical (unpaired) electrons. The number of phenols is 1. The number of piperidine rings is 1. The average molecular weight is 272 g/mol. The van der Waals surface area contributed by atoms with Gasteiger partial charge in [-0.2, -0.15) is 0 Å². The fraction of sp³-hybridized carbons (Fsp3) is 0.471. The third-order valence-electron chi connectivity index (χ3n) is 4.62. The van der Waals surface area contributed by atoms with E-state index in [-0.39, 0.29) is 0 Å². The second-order valence-electron chi connectivity index (χ2n) is 5.98. The molecule has 1 aromatic carbocycles. The van der Waals surface area contributed by atoms with Gasteiger partial charge in [-0.1, -0.05) is 17.7 Å². The van der Waals surface area contributed by atoms with Gasteiger partial charge < -0.3 is 10.4 Å². The number of aryl methyl sites for hydroxylation is 1. The summed E-state index contributed by atoms with van der Waals surface area (Å²) in [6, 6.07) is 8.13. The lowest BCUT2D eigenvalue weighted by Gasteiger charge is -2.34. The van der Waals surface area contributed by atoms with Crippen molar-refractivity contribution in [2.24, 2.45) is 5.92 Å². The number of aromatic hydroxyl groups is 1. The Morgan fingerprint density at radius 3 is 3.05 bits per heavy atom. The molecule has 2 atom stereocenters. The van der Waals surface area contributed by atoms with E-state index in [1.807, 2.05) is 18.2 Å². The third kappa shape index (κ3) is 2.93. The molecule has 2 unspecified atom stereocenters. The Morgan fingerprint density at radius 1 is 1.30 bits per heavy atom. The zero-order chi connectivity index (χ0) is 13.9. The Labute approximate surface area is 119 Å². The third-order valence-corrected chi connectivity index (χ3v) is 4.62. The van der Waals surface area contributed by atoms with E-state index < -0.39 is 0 Å². The molecule has 1 heterocycles. The first kappa shape index (κ1) is 13.4. The van der Waals surface area contributed by atoms with E-state index in [0.717, 1.165) is 32.2 Å². The molecule has 1 aliphatic carbocycles. The molecule has 3 nitrogen and oxygen atoms in total. The second-order valence-corrected chi connectivity index (χ2v) is 5.98. The summed E-state index contributed by atoms with van der Waals surface area (Å²) in [7, 11) is 0. The molecule has 0 aromatic heterocycles. The van der Waals surface area contributed by atoms with E-state index in [4.69, 9.17) is 0 Å². The summed E-state index contributed by atoms with van der Waals surface area (Å²) >= 11 is 0. The van der Waals surface area contributed by atoms with Crippen LogP contribution in [-0.4, -0.2) is 23.5 Å². The van der Waals surface area contributed by atoms with Crippen LogP contribution in [-0.2, 0) is 11.2 Å². The molecule has 0 amide bonds. The van der Waals surface area contributed by atoms with Gasteiger partial charge in [0.15, 0.2) is 5.78 Å². The molecule has 3 rings (SSSR count). The number of fused-ring (bicyclic) bond motifs is 1. The molecule has 1 aromatic rings. The smallest absolute Gasteiger partial charge is 0.155 e. The zero-order valence-corrected chi connectivity index (χ0v) is 11.7. The number of carbonyl (C=O) groups excluding carboxylic acids is 1. The molecular weight excluding hydrogens is 250 g/mol. The number of nitrogens with two attached hydrogens (primary N) is 1. The maximum atomic E-state index is 11.5. The second kappa shape index (κ2) is 5.80. The monoisotopic (exact) mass is 272 g/mol. The summed E-state index contributed by atoms with van der Waals surface area (Å²) in [5, 5.41) is 12.0. The lowest BCUT2D eigenvalue weighted by Crippen LogP contribution is -2.93. The van der Waals surface area contributed by atoms with Crippen LogP contribution in [0.15, 0.2) is 35.9 Å². The Bertz CT molecular complexity index is 536. The van der Waals surface area contributed by atoms with Gasteiger partial charge in [0.25, 0.3) is 0 Å². The highest BCUT2D eigenvalue weighted by Gasteiger charge is 2.34. The van der Waals surface area contributed by atoms with E-state index in [1.54, 1.807) is 6.07 Å². The SMILES string of the molecule is O=C1C=C2CC[NH2+]C(CCc3cccc(O)c3)C2CC1. The van der Waals surface area contributed by atoms with Crippen LogP contribution in [0.1, 0.15) is 31.2 Å². The largest absolute Gasteiger partial charge is 0.508 e.